The number of thiazole rings is 1. The first-order chi connectivity index (χ1) is 11.2. The van der Waals surface area contributed by atoms with Gasteiger partial charge in [0.15, 0.2) is 5.13 Å². The summed E-state index contributed by atoms with van der Waals surface area (Å²) in [6.07, 6.45) is 2.88. The first kappa shape index (κ1) is 19.0. The molecule has 0 aliphatic carbocycles. The Morgan fingerprint density at radius 1 is 1.46 bits per heavy atom. The Balaban J connectivity index is 0.00000208. The molecule has 132 valence electrons. The van der Waals surface area contributed by atoms with Crippen LogP contribution in [0.2, 0.25) is 0 Å². The number of hydrogen-bond acceptors (Lipinski definition) is 5. The number of anilines is 1. The fourth-order valence-corrected chi connectivity index (χ4v) is 4.04. The minimum Gasteiger partial charge on any atom is -0.497 e. The van der Waals surface area contributed by atoms with E-state index in [2.05, 4.69) is 22.5 Å². The number of piperidine rings is 1. The van der Waals surface area contributed by atoms with Crippen molar-refractivity contribution in [2.24, 2.45) is 11.8 Å². The van der Waals surface area contributed by atoms with Crippen LogP contribution in [0.25, 0.3) is 10.2 Å². The highest BCUT2D eigenvalue weighted by molar-refractivity contribution is 7.22. The fraction of sp³-hybridized carbons (Fsp3) is 0.529. The molecule has 1 unspecified atom stereocenters. The maximum absolute atomic E-state index is 12.3. The smallest absolute Gasteiger partial charge is 0.226 e. The summed E-state index contributed by atoms with van der Waals surface area (Å²) in [5, 5.41) is 6.98. The lowest BCUT2D eigenvalue weighted by molar-refractivity contribution is -0.117. The molecule has 1 saturated heterocycles. The van der Waals surface area contributed by atoms with Gasteiger partial charge in [-0.05, 0) is 56.0 Å². The van der Waals surface area contributed by atoms with E-state index in [0.29, 0.717) is 23.4 Å². The van der Waals surface area contributed by atoms with Crippen molar-refractivity contribution in [2.45, 2.75) is 26.2 Å². The molecule has 0 spiro atoms. The molecule has 2 heterocycles. The Morgan fingerprint density at radius 2 is 2.21 bits per heavy atom. The van der Waals surface area contributed by atoms with Gasteiger partial charge in [-0.3, -0.25) is 4.79 Å². The monoisotopic (exact) mass is 369 g/mol. The topological polar surface area (TPSA) is 63.2 Å². The molecule has 5 nitrogen and oxygen atoms in total. The molecular formula is C17H24ClN3O2S. The Morgan fingerprint density at radius 3 is 2.92 bits per heavy atom. The number of aromatic nitrogens is 1. The number of fused-ring (bicyclic) bond motifs is 1. The van der Waals surface area contributed by atoms with Gasteiger partial charge < -0.3 is 15.4 Å². The maximum Gasteiger partial charge on any atom is 0.226 e. The summed E-state index contributed by atoms with van der Waals surface area (Å²) < 4.78 is 6.24. The predicted molar refractivity (Wildman–Crippen MR) is 101 cm³/mol. The number of ether oxygens (including phenoxy) is 1. The molecule has 3 rings (SSSR count). The van der Waals surface area contributed by atoms with Crippen molar-refractivity contribution < 1.29 is 9.53 Å². The number of halogens is 1. The van der Waals surface area contributed by atoms with E-state index in [1.807, 2.05) is 18.2 Å². The quantitative estimate of drug-likeness (QED) is 0.843. The van der Waals surface area contributed by atoms with Crippen molar-refractivity contribution in [2.75, 3.05) is 25.5 Å². The van der Waals surface area contributed by atoms with E-state index in [-0.39, 0.29) is 18.3 Å². The molecule has 1 aliphatic rings. The molecule has 2 N–H and O–H groups in total. The van der Waals surface area contributed by atoms with Crippen molar-refractivity contribution in [3.05, 3.63) is 18.2 Å². The van der Waals surface area contributed by atoms with E-state index in [0.717, 1.165) is 41.9 Å². The average Bonchev–Trinajstić information content (AvgIpc) is 2.96. The van der Waals surface area contributed by atoms with Gasteiger partial charge in [-0.1, -0.05) is 18.3 Å². The number of rotatable bonds is 5. The molecule has 0 radical (unpaired) electrons. The highest BCUT2D eigenvalue weighted by Gasteiger charge is 2.22. The van der Waals surface area contributed by atoms with Gasteiger partial charge in [0.05, 0.1) is 17.3 Å². The summed E-state index contributed by atoms with van der Waals surface area (Å²) in [5.74, 6) is 1.91. The molecular weight excluding hydrogens is 346 g/mol. The standard InChI is InChI=1S/C17H23N3O2S.ClH/c1-11(12-5-7-18-8-6-12)9-16(21)20-17-19-14-4-3-13(22-2)10-15(14)23-17;/h3-4,10-12,18H,5-9H2,1-2H3,(H,19,20,21);1H. The van der Waals surface area contributed by atoms with E-state index >= 15 is 0 Å². The highest BCUT2D eigenvalue weighted by Crippen LogP contribution is 2.30. The van der Waals surface area contributed by atoms with Crippen LogP contribution < -0.4 is 15.4 Å². The van der Waals surface area contributed by atoms with Crippen molar-refractivity contribution in [1.29, 1.82) is 0 Å². The number of carbonyl (C=O) groups excluding carboxylic acids is 1. The number of amides is 1. The third-order valence-electron chi connectivity index (χ3n) is 4.54. The Kier molecular flexibility index (Phi) is 6.83. The number of nitrogens with zero attached hydrogens (tertiary/aromatic N) is 1. The first-order valence-electron chi connectivity index (χ1n) is 8.11. The number of carbonyl (C=O) groups is 1. The normalized spacial score (nSPS) is 16.4. The molecule has 2 aromatic rings. The minimum atomic E-state index is 0. The third kappa shape index (κ3) is 4.59. The van der Waals surface area contributed by atoms with E-state index in [9.17, 15) is 4.79 Å². The molecule has 0 bridgehead atoms. The molecule has 1 atom stereocenters. The third-order valence-corrected chi connectivity index (χ3v) is 5.47. The summed E-state index contributed by atoms with van der Waals surface area (Å²) in [4.78, 5) is 16.7. The summed E-state index contributed by atoms with van der Waals surface area (Å²) in [5.41, 5.74) is 0.887. The lowest BCUT2D eigenvalue weighted by atomic mass is 9.84. The second-order valence-electron chi connectivity index (χ2n) is 6.17. The Bertz CT molecular complexity index is 686. The van der Waals surface area contributed by atoms with E-state index in [1.54, 1.807) is 7.11 Å². The average molecular weight is 370 g/mol. The molecule has 24 heavy (non-hydrogen) atoms. The zero-order valence-corrected chi connectivity index (χ0v) is 15.6. The number of hydrogen-bond donors (Lipinski definition) is 2. The second-order valence-corrected chi connectivity index (χ2v) is 7.20. The van der Waals surface area contributed by atoms with Gasteiger partial charge in [0.25, 0.3) is 0 Å². The van der Waals surface area contributed by atoms with Crippen molar-refractivity contribution in [3.8, 4) is 5.75 Å². The molecule has 1 fully saturated rings. The molecule has 1 aliphatic heterocycles. The first-order valence-corrected chi connectivity index (χ1v) is 8.92. The van der Waals surface area contributed by atoms with Gasteiger partial charge >= 0.3 is 0 Å². The fourth-order valence-electron chi connectivity index (χ4n) is 3.13. The summed E-state index contributed by atoms with van der Waals surface area (Å²) >= 11 is 1.48. The van der Waals surface area contributed by atoms with Crippen LogP contribution in [-0.4, -0.2) is 31.1 Å². The maximum atomic E-state index is 12.3. The largest absolute Gasteiger partial charge is 0.497 e. The van der Waals surface area contributed by atoms with Crippen LogP contribution in [-0.2, 0) is 4.79 Å². The lowest BCUT2D eigenvalue weighted by Gasteiger charge is -2.27. The van der Waals surface area contributed by atoms with Gasteiger partial charge in [0.1, 0.15) is 5.75 Å². The van der Waals surface area contributed by atoms with Crippen LogP contribution in [0.1, 0.15) is 26.2 Å². The van der Waals surface area contributed by atoms with Crippen LogP contribution in [0.4, 0.5) is 5.13 Å². The van der Waals surface area contributed by atoms with Crippen LogP contribution in [0.5, 0.6) is 5.75 Å². The molecule has 1 aromatic heterocycles. The zero-order valence-electron chi connectivity index (χ0n) is 14.0. The van der Waals surface area contributed by atoms with E-state index < -0.39 is 0 Å². The van der Waals surface area contributed by atoms with Crippen molar-refractivity contribution >= 4 is 45.0 Å². The number of methoxy groups -OCH3 is 1. The SMILES string of the molecule is COc1ccc2nc(NC(=O)CC(C)C3CCNCC3)sc2c1.Cl. The van der Waals surface area contributed by atoms with E-state index in [1.165, 1.54) is 11.3 Å². The summed E-state index contributed by atoms with van der Waals surface area (Å²) in [6.45, 7) is 4.31. The predicted octanol–water partition coefficient (Wildman–Crippen LogP) is 3.69. The van der Waals surface area contributed by atoms with Gasteiger partial charge in [0, 0.05) is 6.42 Å². The molecule has 0 saturated carbocycles. The van der Waals surface area contributed by atoms with Gasteiger partial charge in [-0.2, -0.15) is 0 Å². The zero-order chi connectivity index (χ0) is 16.2. The van der Waals surface area contributed by atoms with Crippen LogP contribution >= 0.6 is 23.7 Å². The summed E-state index contributed by atoms with van der Waals surface area (Å²) in [7, 11) is 1.65. The molecule has 1 aromatic carbocycles. The Labute approximate surface area is 152 Å². The summed E-state index contributed by atoms with van der Waals surface area (Å²) in [6, 6.07) is 5.74. The molecule has 7 heteroatoms. The van der Waals surface area contributed by atoms with E-state index in [4.69, 9.17) is 4.74 Å². The van der Waals surface area contributed by atoms with Crippen molar-refractivity contribution in [3.63, 3.8) is 0 Å². The number of nitrogens with one attached hydrogen (secondary N) is 2. The van der Waals surface area contributed by atoms with Gasteiger partial charge in [0.2, 0.25) is 5.91 Å². The number of benzene rings is 1. The Hall–Kier alpha value is -1.37. The van der Waals surface area contributed by atoms with Crippen molar-refractivity contribution in [1.82, 2.24) is 10.3 Å². The second kappa shape index (κ2) is 8.65. The van der Waals surface area contributed by atoms with Gasteiger partial charge in [-0.25, -0.2) is 4.98 Å². The van der Waals surface area contributed by atoms with Crippen LogP contribution in [0.15, 0.2) is 18.2 Å². The molecule has 1 amide bonds. The van der Waals surface area contributed by atoms with Crippen LogP contribution in [0, 0.1) is 11.8 Å². The minimum absolute atomic E-state index is 0. The van der Waals surface area contributed by atoms with Gasteiger partial charge in [-0.15, -0.1) is 12.4 Å². The van der Waals surface area contributed by atoms with Crippen LogP contribution in [0.3, 0.4) is 0 Å². The highest BCUT2D eigenvalue weighted by atomic mass is 35.5. The lowest BCUT2D eigenvalue weighted by Crippen LogP contribution is -2.32.